The van der Waals surface area contributed by atoms with Crippen LogP contribution in [0.15, 0.2) is 12.1 Å². The van der Waals surface area contributed by atoms with Gasteiger partial charge in [0, 0.05) is 13.8 Å². The van der Waals surface area contributed by atoms with Gasteiger partial charge in [-0.3, -0.25) is 9.59 Å². The van der Waals surface area contributed by atoms with E-state index in [4.69, 9.17) is 10.2 Å². The van der Waals surface area contributed by atoms with Gasteiger partial charge in [0.15, 0.2) is 0 Å². The van der Waals surface area contributed by atoms with Crippen molar-refractivity contribution in [1.82, 2.24) is 0 Å². The van der Waals surface area contributed by atoms with Crippen molar-refractivity contribution in [2.24, 2.45) is 0 Å². The minimum absolute atomic E-state index is 0.156. The molecule has 0 aliphatic heterocycles. The van der Waals surface area contributed by atoms with E-state index in [1.807, 2.05) is 0 Å². The molecule has 1 aromatic rings. The molecule has 0 saturated carbocycles. The van der Waals surface area contributed by atoms with Crippen LogP contribution in [0.25, 0.3) is 0 Å². The summed E-state index contributed by atoms with van der Waals surface area (Å²) in [5.74, 6) is -3.82. The number of aromatic carboxylic acids is 2. The predicted octanol–water partition coefficient (Wildman–Crippen LogP) is 1.000. The normalized spacial score (nSPS) is 9.70. The standard InChI is InChI=1S/C12H12N2O6/c1-5(15)13-9-3-8(12(19)20)10(14-6(2)16)4-7(9)11(17)18/h3-4H,1-2H3,(H,13,15)(H,14,16)(H,17,18)(H,19,20). The Balaban J connectivity index is 3.50. The van der Waals surface area contributed by atoms with E-state index in [1.54, 1.807) is 0 Å². The average Bonchev–Trinajstić information content (AvgIpc) is 2.28. The third kappa shape index (κ3) is 3.55. The van der Waals surface area contributed by atoms with Crippen molar-refractivity contribution in [2.45, 2.75) is 13.8 Å². The van der Waals surface area contributed by atoms with Crippen LogP contribution in [0.1, 0.15) is 34.6 Å². The van der Waals surface area contributed by atoms with Gasteiger partial charge in [-0.2, -0.15) is 0 Å². The minimum atomic E-state index is -1.36. The molecule has 0 atom stereocenters. The molecule has 0 unspecified atom stereocenters. The van der Waals surface area contributed by atoms with Crippen LogP contribution >= 0.6 is 0 Å². The zero-order valence-electron chi connectivity index (χ0n) is 10.7. The molecule has 106 valence electrons. The highest BCUT2D eigenvalue weighted by Gasteiger charge is 2.19. The van der Waals surface area contributed by atoms with E-state index in [9.17, 15) is 19.2 Å². The molecule has 20 heavy (non-hydrogen) atoms. The maximum absolute atomic E-state index is 11.1. The third-order valence-electron chi connectivity index (χ3n) is 2.24. The monoisotopic (exact) mass is 280 g/mol. The Morgan fingerprint density at radius 3 is 1.30 bits per heavy atom. The lowest BCUT2D eigenvalue weighted by Crippen LogP contribution is -2.16. The molecular weight excluding hydrogens is 268 g/mol. The van der Waals surface area contributed by atoms with Gasteiger partial charge in [0.2, 0.25) is 11.8 Å². The first-order valence-electron chi connectivity index (χ1n) is 5.42. The van der Waals surface area contributed by atoms with Gasteiger partial charge < -0.3 is 20.8 Å². The number of rotatable bonds is 4. The number of carbonyl (C=O) groups is 4. The van der Waals surface area contributed by atoms with Gasteiger partial charge in [0.25, 0.3) is 0 Å². The Bertz CT molecular complexity index is 554. The van der Waals surface area contributed by atoms with E-state index in [-0.39, 0.29) is 22.5 Å². The molecule has 0 aromatic heterocycles. The Morgan fingerprint density at radius 2 is 1.10 bits per heavy atom. The number of amides is 2. The number of carbonyl (C=O) groups excluding carboxylic acids is 2. The number of benzene rings is 1. The van der Waals surface area contributed by atoms with E-state index >= 15 is 0 Å². The van der Waals surface area contributed by atoms with Crippen LogP contribution in [0.4, 0.5) is 11.4 Å². The van der Waals surface area contributed by atoms with E-state index in [2.05, 4.69) is 10.6 Å². The smallest absolute Gasteiger partial charge is 0.337 e. The minimum Gasteiger partial charge on any atom is -0.478 e. The summed E-state index contributed by atoms with van der Waals surface area (Å²) in [7, 11) is 0. The van der Waals surface area contributed by atoms with Crippen LogP contribution in [0.2, 0.25) is 0 Å². The molecule has 8 heteroatoms. The molecular formula is C12H12N2O6. The first-order valence-corrected chi connectivity index (χ1v) is 5.42. The van der Waals surface area contributed by atoms with Gasteiger partial charge >= 0.3 is 11.9 Å². The number of hydrogen-bond donors (Lipinski definition) is 4. The fraction of sp³-hybridized carbons (Fsp3) is 0.167. The Labute approximate surface area is 113 Å². The van der Waals surface area contributed by atoms with Crippen molar-refractivity contribution >= 4 is 35.1 Å². The Kier molecular flexibility index (Phi) is 4.42. The van der Waals surface area contributed by atoms with Gasteiger partial charge in [-0.15, -0.1) is 0 Å². The van der Waals surface area contributed by atoms with Crippen molar-refractivity contribution in [2.75, 3.05) is 10.6 Å². The molecule has 0 radical (unpaired) electrons. The van der Waals surface area contributed by atoms with Crippen molar-refractivity contribution in [3.8, 4) is 0 Å². The van der Waals surface area contributed by atoms with Crippen molar-refractivity contribution in [3.05, 3.63) is 23.3 Å². The van der Waals surface area contributed by atoms with E-state index in [1.165, 1.54) is 0 Å². The fourth-order valence-electron chi connectivity index (χ4n) is 1.54. The zero-order valence-corrected chi connectivity index (χ0v) is 10.7. The number of carboxylic acids is 2. The zero-order chi connectivity index (χ0) is 15.4. The molecule has 0 heterocycles. The summed E-state index contributed by atoms with van der Waals surface area (Å²) < 4.78 is 0. The van der Waals surface area contributed by atoms with Gasteiger partial charge in [0.05, 0.1) is 22.5 Å². The van der Waals surface area contributed by atoms with Crippen LogP contribution in [0, 0.1) is 0 Å². The summed E-state index contributed by atoms with van der Waals surface area (Å²) in [6.07, 6.45) is 0. The Hall–Kier alpha value is -2.90. The van der Waals surface area contributed by atoms with Crippen LogP contribution < -0.4 is 10.6 Å². The van der Waals surface area contributed by atoms with Gasteiger partial charge in [-0.05, 0) is 12.1 Å². The molecule has 0 saturated heterocycles. The maximum Gasteiger partial charge on any atom is 0.337 e. The molecule has 2 amide bonds. The topological polar surface area (TPSA) is 133 Å². The summed E-state index contributed by atoms with van der Waals surface area (Å²) in [5.41, 5.74) is -0.962. The summed E-state index contributed by atoms with van der Waals surface area (Å²) in [4.78, 5) is 44.2. The predicted molar refractivity (Wildman–Crippen MR) is 69.0 cm³/mol. The average molecular weight is 280 g/mol. The first-order chi connectivity index (χ1) is 9.22. The van der Waals surface area contributed by atoms with Crippen LogP contribution in [-0.2, 0) is 9.59 Å². The van der Waals surface area contributed by atoms with Crippen LogP contribution in [0.3, 0.4) is 0 Å². The lowest BCUT2D eigenvalue weighted by molar-refractivity contribution is -0.115. The summed E-state index contributed by atoms with van der Waals surface area (Å²) in [6, 6.07) is 1.97. The molecule has 0 fully saturated rings. The second kappa shape index (κ2) is 5.83. The SMILES string of the molecule is CC(=O)Nc1cc(C(=O)O)c(NC(C)=O)cc1C(=O)O. The number of nitrogens with one attached hydrogen (secondary N) is 2. The van der Waals surface area contributed by atoms with Crippen LogP contribution in [-0.4, -0.2) is 34.0 Å². The molecule has 1 aromatic carbocycles. The molecule has 0 aliphatic carbocycles. The van der Waals surface area contributed by atoms with Gasteiger partial charge in [-0.1, -0.05) is 0 Å². The lowest BCUT2D eigenvalue weighted by Gasteiger charge is -2.12. The van der Waals surface area contributed by atoms with Gasteiger partial charge in [0.1, 0.15) is 0 Å². The Morgan fingerprint density at radius 1 is 0.800 bits per heavy atom. The van der Waals surface area contributed by atoms with Crippen molar-refractivity contribution in [1.29, 1.82) is 0 Å². The number of carboxylic acid groups (broad SMARTS) is 2. The molecule has 4 N–H and O–H groups in total. The third-order valence-corrected chi connectivity index (χ3v) is 2.24. The van der Waals surface area contributed by atoms with Crippen LogP contribution in [0.5, 0.6) is 0 Å². The number of hydrogen-bond acceptors (Lipinski definition) is 4. The molecule has 0 bridgehead atoms. The highest BCUT2D eigenvalue weighted by atomic mass is 16.4. The molecule has 0 aliphatic rings. The summed E-state index contributed by atoms with van der Waals surface area (Å²) in [6.45, 7) is 2.32. The first kappa shape index (κ1) is 15.2. The van der Waals surface area contributed by atoms with Crippen molar-refractivity contribution < 1.29 is 29.4 Å². The summed E-state index contributed by atoms with van der Waals surface area (Å²) >= 11 is 0. The summed E-state index contributed by atoms with van der Waals surface area (Å²) in [5, 5.41) is 22.6. The van der Waals surface area contributed by atoms with Gasteiger partial charge in [-0.25, -0.2) is 9.59 Å². The largest absolute Gasteiger partial charge is 0.478 e. The second-order valence-electron chi connectivity index (χ2n) is 3.92. The maximum atomic E-state index is 11.1. The lowest BCUT2D eigenvalue weighted by atomic mass is 10.1. The van der Waals surface area contributed by atoms with E-state index in [0.29, 0.717) is 0 Å². The quantitative estimate of drug-likeness (QED) is 0.650. The molecule has 8 nitrogen and oxygen atoms in total. The second-order valence-corrected chi connectivity index (χ2v) is 3.92. The van der Waals surface area contributed by atoms with E-state index < -0.39 is 23.8 Å². The number of anilines is 2. The fourth-order valence-corrected chi connectivity index (χ4v) is 1.54. The van der Waals surface area contributed by atoms with Crippen molar-refractivity contribution in [3.63, 3.8) is 0 Å². The highest BCUT2D eigenvalue weighted by molar-refractivity contribution is 6.07. The molecule has 1 rings (SSSR count). The van der Waals surface area contributed by atoms with E-state index in [0.717, 1.165) is 26.0 Å². The highest BCUT2D eigenvalue weighted by Crippen LogP contribution is 2.26. The molecule has 0 spiro atoms.